The number of carbonyl (C=O) groups excluding carboxylic acids is 2. The minimum atomic E-state index is -0.735. The number of amides is 1. The van der Waals surface area contributed by atoms with Gasteiger partial charge in [-0.2, -0.15) is 0 Å². The van der Waals surface area contributed by atoms with Crippen LogP contribution in [0.2, 0.25) is 0 Å². The van der Waals surface area contributed by atoms with Gasteiger partial charge in [0.25, 0.3) is 11.7 Å². The highest BCUT2D eigenvalue weighted by Gasteiger charge is 2.38. The van der Waals surface area contributed by atoms with Crippen LogP contribution in [0.3, 0.4) is 0 Å². The second-order valence-electron chi connectivity index (χ2n) is 5.44. The second kappa shape index (κ2) is 6.82. The van der Waals surface area contributed by atoms with Crippen LogP contribution in [0.15, 0.2) is 28.7 Å². The summed E-state index contributed by atoms with van der Waals surface area (Å²) in [7, 11) is 1.22. The highest BCUT2D eigenvalue weighted by molar-refractivity contribution is 5.99. The number of anilines is 1. The molecule has 0 spiro atoms. The van der Waals surface area contributed by atoms with Gasteiger partial charge < -0.3 is 24.0 Å². The van der Waals surface area contributed by atoms with Crippen molar-refractivity contribution >= 4 is 23.5 Å². The Kier molecular flexibility index (Phi) is 4.57. The fraction of sp³-hybridized carbons (Fsp3) is 0.312. The van der Waals surface area contributed by atoms with E-state index in [0.717, 1.165) is 0 Å². The third kappa shape index (κ3) is 3.08. The summed E-state index contributed by atoms with van der Waals surface area (Å²) in [6, 6.07) is 5.56. The highest BCUT2D eigenvalue weighted by Crippen LogP contribution is 2.35. The molecule has 0 saturated heterocycles. The molecule has 3 rings (SSSR count). The molecule has 0 aliphatic carbocycles. The fourth-order valence-corrected chi connectivity index (χ4v) is 2.53. The van der Waals surface area contributed by atoms with Crippen LogP contribution in [0.1, 0.15) is 29.7 Å². The van der Waals surface area contributed by atoms with E-state index >= 15 is 0 Å². The lowest BCUT2D eigenvalue weighted by Crippen LogP contribution is -2.45. The molecule has 0 bridgehead atoms. The van der Waals surface area contributed by atoms with Gasteiger partial charge in [0.2, 0.25) is 5.76 Å². The van der Waals surface area contributed by atoms with Crippen LogP contribution < -0.4 is 9.64 Å². The number of nitrogens with zero attached hydrogens (tertiary/aromatic N) is 3. The number of rotatable bonds is 5. The van der Waals surface area contributed by atoms with Crippen LogP contribution in [-0.2, 0) is 16.1 Å². The Bertz CT molecular complexity index is 876. The highest BCUT2D eigenvalue weighted by atomic mass is 16.6. The molecule has 3 heterocycles. The minimum Gasteiger partial charge on any atom is -0.474 e. The number of fused-ring (bicyclic) bond motifs is 1. The maximum atomic E-state index is 12.7. The molecule has 2 aromatic rings. The Hall–Kier alpha value is -3.43. The molecule has 0 saturated carbocycles. The summed E-state index contributed by atoms with van der Waals surface area (Å²) >= 11 is 0. The molecule has 2 aromatic heterocycles. The second-order valence-corrected chi connectivity index (χ2v) is 5.44. The van der Waals surface area contributed by atoms with Crippen molar-refractivity contribution in [2.75, 3.05) is 12.0 Å². The molecular formula is C16H15N3O7. The van der Waals surface area contributed by atoms with Crippen molar-refractivity contribution in [3.05, 3.63) is 45.9 Å². The van der Waals surface area contributed by atoms with E-state index in [-0.39, 0.29) is 23.9 Å². The maximum Gasteiger partial charge on any atom is 0.373 e. The van der Waals surface area contributed by atoms with E-state index in [4.69, 9.17) is 9.15 Å². The molecule has 136 valence electrons. The van der Waals surface area contributed by atoms with Gasteiger partial charge >= 0.3 is 11.8 Å². The number of aromatic nitrogens is 1. The van der Waals surface area contributed by atoms with Crippen molar-refractivity contribution in [1.82, 2.24) is 4.98 Å². The number of hydrogen-bond donors (Lipinski definition) is 0. The molecule has 0 radical (unpaired) electrons. The molecule has 0 aromatic carbocycles. The lowest BCUT2D eigenvalue weighted by Gasteiger charge is -2.30. The van der Waals surface area contributed by atoms with E-state index in [1.54, 1.807) is 6.92 Å². The lowest BCUT2D eigenvalue weighted by molar-refractivity contribution is -0.389. The fourth-order valence-electron chi connectivity index (χ4n) is 2.53. The Morgan fingerprint density at radius 3 is 2.81 bits per heavy atom. The van der Waals surface area contributed by atoms with E-state index < -0.39 is 28.7 Å². The van der Waals surface area contributed by atoms with Gasteiger partial charge in [-0.1, -0.05) is 6.92 Å². The number of carbonyl (C=O) groups is 2. The quantitative estimate of drug-likeness (QED) is 0.450. The molecule has 1 aliphatic rings. The first-order valence-corrected chi connectivity index (χ1v) is 7.75. The van der Waals surface area contributed by atoms with E-state index in [2.05, 4.69) is 9.72 Å². The van der Waals surface area contributed by atoms with Crippen molar-refractivity contribution in [2.24, 2.45) is 0 Å². The molecular weight excluding hydrogens is 346 g/mol. The van der Waals surface area contributed by atoms with Crippen LogP contribution in [0.5, 0.6) is 5.75 Å². The van der Waals surface area contributed by atoms with E-state index in [1.165, 1.54) is 36.3 Å². The minimum absolute atomic E-state index is 0.0116. The summed E-state index contributed by atoms with van der Waals surface area (Å²) in [4.78, 5) is 39.7. The summed E-state index contributed by atoms with van der Waals surface area (Å²) in [5.41, 5.74) is 0. The smallest absolute Gasteiger partial charge is 0.373 e. The zero-order chi connectivity index (χ0) is 18.8. The zero-order valence-corrected chi connectivity index (χ0v) is 14.0. The van der Waals surface area contributed by atoms with Crippen LogP contribution in [0.4, 0.5) is 11.6 Å². The van der Waals surface area contributed by atoms with E-state index in [0.29, 0.717) is 12.2 Å². The standard InChI is InChI=1S/C16H15N3O7/c1-3-10-15(20)18(8-9-4-5-12(25-9)16(21)24-2)14-11(26-10)6-7-13(17-14)19(22)23/h4-7,10H,3,8H2,1-2H3. The number of esters is 1. The first kappa shape index (κ1) is 17.4. The van der Waals surface area contributed by atoms with Crippen molar-refractivity contribution in [3.8, 4) is 5.75 Å². The van der Waals surface area contributed by atoms with Crippen molar-refractivity contribution in [3.63, 3.8) is 0 Å². The topological polar surface area (TPSA) is 125 Å². The number of furan rings is 1. The summed E-state index contributed by atoms with van der Waals surface area (Å²) < 4.78 is 15.5. The predicted octanol–water partition coefficient (Wildman–Crippen LogP) is 2.07. The summed E-state index contributed by atoms with van der Waals surface area (Å²) in [6.45, 7) is 1.73. The molecule has 1 unspecified atom stereocenters. The number of pyridine rings is 1. The Balaban J connectivity index is 1.97. The Morgan fingerprint density at radius 2 is 2.15 bits per heavy atom. The van der Waals surface area contributed by atoms with Crippen molar-refractivity contribution in [2.45, 2.75) is 26.0 Å². The number of nitro groups is 1. The van der Waals surface area contributed by atoms with E-state index in [1.807, 2.05) is 0 Å². The maximum absolute atomic E-state index is 12.7. The van der Waals surface area contributed by atoms with Gasteiger partial charge in [0.05, 0.1) is 13.7 Å². The largest absolute Gasteiger partial charge is 0.474 e. The third-order valence-electron chi connectivity index (χ3n) is 3.81. The summed E-state index contributed by atoms with van der Waals surface area (Å²) in [5, 5.41) is 11.0. The average Bonchev–Trinajstić information content (AvgIpc) is 3.11. The zero-order valence-electron chi connectivity index (χ0n) is 14.0. The van der Waals surface area contributed by atoms with Crippen molar-refractivity contribution in [1.29, 1.82) is 0 Å². The van der Waals surface area contributed by atoms with Crippen LogP contribution in [0.25, 0.3) is 0 Å². The molecule has 26 heavy (non-hydrogen) atoms. The van der Waals surface area contributed by atoms with Gasteiger partial charge in [-0.25, -0.2) is 4.79 Å². The first-order valence-electron chi connectivity index (χ1n) is 7.75. The van der Waals surface area contributed by atoms with Gasteiger partial charge in [0.15, 0.2) is 11.9 Å². The van der Waals surface area contributed by atoms with Gasteiger partial charge in [0.1, 0.15) is 5.76 Å². The monoisotopic (exact) mass is 361 g/mol. The number of ether oxygens (including phenoxy) is 2. The van der Waals surface area contributed by atoms with Gasteiger partial charge in [-0.05, 0) is 34.5 Å². The van der Waals surface area contributed by atoms with Gasteiger partial charge in [0, 0.05) is 6.07 Å². The lowest BCUT2D eigenvalue weighted by atomic mass is 10.2. The Morgan fingerprint density at radius 1 is 1.38 bits per heavy atom. The normalized spacial score (nSPS) is 16.0. The molecule has 1 amide bonds. The molecule has 1 aliphatic heterocycles. The molecule has 1 atom stereocenters. The molecule has 10 nitrogen and oxygen atoms in total. The molecule has 10 heteroatoms. The molecule has 0 fully saturated rings. The SMILES string of the molecule is CCC1Oc2ccc([N+](=O)[O-])nc2N(Cc2ccc(C(=O)OC)o2)C1=O. The van der Waals surface area contributed by atoms with Crippen LogP contribution in [-0.4, -0.2) is 35.0 Å². The van der Waals surface area contributed by atoms with Crippen LogP contribution >= 0.6 is 0 Å². The molecule has 0 N–H and O–H groups in total. The third-order valence-corrected chi connectivity index (χ3v) is 3.81. The number of methoxy groups -OCH3 is 1. The van der Waals surface area contributed by atoms with Crippen LogP contribution in [0, 0.1) is 10.1 Å². The summed E-state index contributed by atoms with van der Waals surface area (Å²) in [5.74, 6) is -0.868. The number of hydrogen-bond acceptors (Lipinski definition) is 8. The summed E-state index contributed by atoms with van der Waals surface area (Å²) in [6.07, 6.45) is -0.321. The average molecular weight is 361 g/mol. The van der Waals surface area contributed by atoms with Gasteiger partial charge in [-0.3, -0.25) is 9.69 Å². The Labute approximate surface area is 147 Å². The van der Waals surface area contributed by atoms with Crippen molar-refractivity contribution < 1.29 is 28.4 Å². The predicted molar refractivity (Wildman–Crippen MR) is 86.8 cm³/mol. The van der Waals surface area contributed by atoms with Gasteiger partial charge in [-0.15, -0.1) is 0 Å². The van der Waals surface area contributed by atoms with E-state index in [9.17, 15) is 19.7 Å². The first-order chi connectivity index (χ1) is 12.4.